The third kappa shape index (κ3) is 4.49. The molecular formula is C23H24ClN3O3S. The van der Waals surface area contributed by atoms with Crippen LogP contribution in [0.2, 0.25) is 5.02 Å². The maximum atomic E-state index is 13.1. The fraction of sp³-hybridized carbons (Fsp3) is 0.348. The molecule has 0 aliphatic carbocycles. The summed E-state index contributed by atoms with van der Waals surface area (Å²) in [5.74, 6) is 0.202. The number of para-hydroxylation sites is 1. The van der Waals surface area contributed by atoms with Crippen LogP contribution in [0, 0.1) is 0 Å². The van der Waals surface area contributed by atoms with Crippen LogP contribution < -0.4 is 10.5 Å². The number of aromatic nitrogens is 2. The van der Waals surface area contributed by atoms with Crippen molar-refractivity contribution in [3.63, 3.8) is 0 Å². The van der Waals surface area contributed by atoms with Gasteiger partial charge in [0.15, 0.2) is 5.16 Å². The summed E-state index contributed by atoms with van der Waals surface area (Å²) in [6, 6.07) is 13.2. The summed E-state index contributed by atoms with van der Waals surface area (Å²) < 4.78 is 6.77. The molecule has 0 spiro atoms. The van der Waals surface area contributed by atoms with Crippen LogP contribution in [0.4, 0.5) is 5.69 Å². The number of hydrogen-bond donors (Lipinski definition) is 0. The highest BCUT2D eigenvalue weighted by atomic mass is 35.5. The number of amides is 1. The summed E-state index contributed by atoms with van der Waals surface area (Å²) in [5.41, 5.74) is 2.56. The van der Waals surface area contributed by atoms with E-state index in [9.17, 15) is 9.59 Å². The van der Waals surface area contributed by atoms with Crippen LogP contribution in [0.15, 0.2) is 52.4 Å². The molecule has 1 atom stereocenters. The molecule has 0 N–H and O–H groups in total. The first-order valence-corrected chi connectivity index (χ1v) is 11.6. The van der Waals surface area contributed by atoms with Gasteiger partial charge in [0.05, 0.1) is 16.7 Å². The molecule has 1 aromatic heterocycles. The van der Waals surface area contributed by atoms with Crippen molar-refractivity contribution in [2.75, 3.05) is 24.4 Å². The minimum absolute atomic E-state index is 0.00586. The Bertz CT molecular complexity index is 1180. The highest BCUT2D eigenvalue weighted by Crippen LogP contribution is 2.32. The van der Waals surface area contributed by atoms with E-state index in [-0.39, 0.29) is 23.3 Å². The first kappa shape index (κ1) is 21.9. The van der Waals surface area contributed by atoms with Gasteiger partial charge in [0.1, 0.15) is 0 Å². The number of carbonyl (C=O) groups is 1. The van der Waals surface area contributed by atoms with Crippen molar-refractivity contribution < 1.29 is 9.53 Å². The van der Waals surface area contributed by atoms with Crippen LogP contribution in [0.1, 0.15) is 18.9 Å². The van der Waals surface area contributed by atoms with Crippen molar-refractivity contribution >= 4 is 45.9 Å². The van der Waals surface area contributed by atoms with Crippen LogP contribution in [-0.2, 0) is 22.5 Å². The number of rotatable bonds is 7. The monoisotopic (exact) mass is 457 g/mol. The number of carbonyl (C=O) groups excluding carboxylic acids is 1. The topological polar surface area (TPSA) is 64.4 Å². The zero-order valence-electron chi connectivity index (χ0n) is 17.5. The number of ether oxygens (including phenoxy) is 1. The van der Waals surface area contributed by atoms with Gasteiger partial charge in [-0.15, -0.1) is 0 Å². The van der Waals surface area contributed by atoms with Gasteiger partial charge in [-0.1, -0.05) is 41.6 Å². The first-order chi connectivity index (χ1) is 15.0. The molecule has 2 aromatic carbocycles. The van der Waals surface area contributed by atoms with Gasteiger partial charge in [-0.2, -0.15) is 0 Å². The van der Waals surface area contributed by atoms with Crippen LogP contribution in [0.3, 0.4) is 0 Å². The summed E-state index contributed by atoms with van der Waals surface area (Å²) >= 11 is 7.40. The number of hydrogen-bond acceptors (Lipinski definition) is 5. The maximum absolute atomic E-state index is 13.1. The predicted octanol–water partition coefficient (Wildman–Crippen LogP) is 4.16. The zero-order valence-corrected chi connectivity index (χ0v) is 19.1. The van der Waals surface area contributed by atoms with E-state index in [1.165, 1.54) is 17.3 Å². The van der Waals surface area contributed by atoms with Crippen LogP contribution >= 0.6 is 23.4 Å². The van der Waals surface area contributed by atoms with E-state index >= 15 is 0 Å². The smallest absolute Gasteiger partial charge is 0.262 e. The van der Waals surface area contributed by atoms with E-state index in [2.05, 4.69) is 18.0 Å². The second-order valence-electron chi connectivity index (χ2n) is 7.59. The molecule has 0 fully saturated rings. The molecule has 2 heterocycles. The Hall–Kier alpha value is -2.35. The Morgan fingerprint density at radius 2 is 2.10 bits per heavy atom. The molecule has 0 radical (unpaired) electrons. The Balaban J connectivity index is 1.61. The van der Waals surface area contributed by atoms with E-state index in [1.807, 2.05) is 23.1 Å². The number of methoxy groups -OCH3 is 1. The minimum atomic E-state index is -0.132. The van der Waals surface area contributed by atoms with E-state index in [0.29, 0.717) is 40.7 Å². The molecule has 3 aromatic rings. The van der Waals surface area contributed by atoms with E-state index in [0.717, 1.165) is 12.1 Å². The Morgan fingerprint density at radius 3 is 2.90 bits per heavy atom. The molecule has 0 saturated heterocycles. The third-order valence-corrected chi connectivity index (χ3v) is 6.61. The second-order valence-corrected chi connectivity index (χ2v) is 8.97. The van der Waals surface area contributed by atoms with Crippen molar-refractivity contribution in [2.45, 2.75) is 37.5 Å². The van der Waals surface area contributed by atoms with E-state index < -0.39 is 0 Å². The van der Waals surface area contributed by atoms with Gasteiger partial charge in [-0.05, 0) is 49.6 Å². The Morgan fingerprint density at radius 1 is 1.29 bits per heavy atom. The molecule has 0 bridgehead atoms. The SMILES string of the molecule is COCCCn1c(SCC(=O)N2c3ccccc3CC2C)nc2cc(Cl)ccc2c1=O. The number of halogens is 1. The van der Waals surface area contributed by atoms with E-state index in [1.54, 1.807) is 29.9 Å². The molecule has 1 aliphatic heterocycles. The molecule has 1 unspecified atom stereocenters. The molecule has 1 amide bonds. The Labute approximate surface area is 190 Å². The van der Waals surface area contributed by atoms with Gasteiger partial charge in [0.2, 0.25) is 5.91 Å². The summed E-state index contributed by atoms with van der Waals surface area (Å²) in [4.78, 5) is 32.7. The molecule has 4 rings (SSSR count). The van der Waals surface area contributed by atoms with Gasteiger partial charge in [-0.3, -0.25) is 14.2 Å². The van der Waals surface area contributed by atoms with Crippen LogP contribution in [0.5, 0.6) is 0 Å². The summed E-state index contributed by atoms with van der Waals surface area (Å²) in [7, 11) is 1.63. The van der Waals surface area contributed by atoms with Crippen molar-refractivity contribution in [3.05, 3.63) is 63.4 Å². The van der Waals surface area contributed by atoms with Crippen molar-refractivity contribution in [2.24, 2.45) is 0 Å². The van der Waals surface area contributed by atoms with E-state index in [4.69, 9.17) is 16.3 Å². The normalized spacial score (nSPS) is 15.5. The lowest BCUT2D eigenvalue weighted by Gasteiger charge is -2.22. The van der Waals surface area contributed by atoms with Crippen molar-refractivity contribution in [1.82, 2.24) is 9.55 Å². The lowest BCUT2D eigenvalue weighted by Crippen LogP contribution is -2.37. The Kier molecular flexibility index (Phi) is 6.65. The molecular weight excluding hydrogens is 434 g/mol. The highest BCUT2D eigenvalue weighted by molar-refractivity contribution is 7.99. The fourth-order valence-electron chi connectivity index (χ4n) is 3.99. The summed E-state index contributed by atoms with van der Waals surface area (Å²) in [5, 5.41) is 1.55. The number of benzene rings is 2. The molecule has 8 heteroatoms. The lowest BCUT2D eigenvalue weighted by atomic mass is 10.1. The van der Waals surface area contributed by atoms with Gasteiger partial charge >= 0.3 is 0 Å². The maximum Gasteiger partial charge on any atom is 0.262 e. The van der Waals surface area contributed by atoms with Crippen LogP contribution in [-0.4, -0.2) is 41.0 Å². The number of nitrogens with zero attached hydrogens (tertiary/aromatic N) is 3. The number of thioether (sulfide) groups is 1. The molecule has 1 aliphatic rings. The molecule has 6 nitrogen and oxygen atoms in total. The fourth-order valence-corrected chi connectivity index (χ4v) is 5.04. The first-order valence-electron chi connectivity index (χ1n) is 10.2. The summed E-state index contributed by atoms with van der Waals surface area (Å²) in [6.45, 7) is 3.06. The second kappa shape index (κ2) is 9.42. The average molecular weight is 458 g/mol. The standard InChI is InChI=1S/C23H24ClN3O3S/c1-15-12-16-6-3-4-7-20(16)27(15)21(28)14-31-23-25-19-13-17(24)8-9-18(19)22(29)26(23)10-5-11-30-2/h3-4,6-9,13,15H,5,10-12,14H2,1-2H3. The molecule has 31 heavy (non-hydrogen) atoms. The average Bonchev–Trinajstić information content (AvgIpc) is 3.09. The largest absolute Gasteiger partial charge is 0.385 e. The summed E-state index contributed by atoms with van der Waals surface area (Å²) in [6.07, 6.45) is 1.52. The highest BCUT2D eigenvalue weighted by Gasteiger charge is 2.30. The van der Waals surface area contributed by atoms with Crippen LogP contribution in [0.25, 0.3) is 10.9 Å². The van der Waals surface area contributed by atoms with Gasteiger partial charge in [0, 0.05) is 37.0 Å². The molecule has 0 saturated carbocycles. The third-order valence-electron chi connectivity index (χ3n) is 5.41. The van der Waals surface area contributed by atoms with Gasteiger partial charge < -0.3 is 9.64 Å². The molecule has 162 valence electrons. The van der Waals surface area contributed by atoms with Crippen molar-refractivity contribution in [1.29, 1.82) is 0 Å². The van der Waals surface area contributed by atoms with Gasteiger partial charge in [-0.25, -0.2) is 4.98 Å². The minimum Gasteiger partial charge on any atom is -0.385 e. The lowest BCUT2D eigenvalue weighted by molar-refractivity contribution is -0.116. The number of fused-ring (bicyclic) bond motifs is 2. The zero-order chi connectivity index (χ0) is 22.0. The quantitative estimate of drug-likeness (QED) is 0.303. The predicted molar refractivity (Wildman–Crippen MR) is 125 cm³/mol. The van der Waals surface area contributed by atoms with Crippen molar-refractivity contribution in [3.8, 4) is 0 Å². The van der Waals surface area contributed by atoms with Gasteiger partial charge in [0.25, 0.3) is 5.56 Å². The number of anilines is 1.